The quantitative estimate of drug-likeness (QED) is 0.759. The number of aromatic nitrogens is 5. The highest BCUT2D eigenvalue weighted by molar-refractivity contribution is 7.08. The molecule has 0 spiro atoms. The Morgan fingerprint density at radius 1 is 1.36 bits per heavy atom. The summed E-state index contributed by atoms with van der Waals surface area (Å²) in [5.74, 6) is 0.548. The summed E-state index contributed by atoms with van der Waals surface area (Å²) in [7, 11) is 0. The van der Waals surface area contributed by atoms with Crippen LogP contribution in [0.4, 0.5) is 0 Å². The van der Waals surface area contributed by atoms with Crippen molar-refractivity contribution in [1.82, 2.24) is 30.0 Å². The summed E-state index contributed by atoms with van der Waals surface area (Å²) in [5.41, 5.74) is 1.49. The van der Waals surface area contributed by atoms with E-state index in [-0.39, 0.29) is 12.5 Å². The van der Waals surface area contributed by atoms with Crippen molar-refractivity contribution in [3.05, 3.63) is 41.0 Å². The molecule has 0 fully saturated rings. The van der Waals surface area contributed by atoms with Crippen molar-refractivity contribution in [3.8, 4) is 11.4 Å². The lowest BCUT2D eigenvalue weighted by Crippen LogP contribution is -2.23. The van der Waals surface area contributed by atoms with E-state index in [1.165, 1.54) is 0 Å². The van der Waals surface area contributed by atoms with E-state index in [0.29, 0.717) is 28.7 Å². The molecule has 0 aliphatic carbocycles. The van der Waals surface area contributed by atoms with Crippen LogP contribution in [0, 0.1) is 0 Å². The molecule has 3 heterocycles. The summed E-state index contributed by atoms with van der Waals surface area (Å²) in [4.78, 5) is 20.7. The van der Waals surface area contributed by atoms with Crippen LogP contribution in [0.25, 0.3) is 11.4 Å². The zero-order valence-electron chi connectivity index (χ0n) is 11.7. The van der Waals surface area contributed by atoms with Gasteiger partial charge in [0, 0.05) is 18.0 Å². The smallest absolute Gasteiger partial charge is 0.265 e. The molecule has 1 N–H and O–H groups in total. The fraction of sp³-hybridized carbons (Fsp3) is 0.231. The van der Waals surface area contributed by atoms with Crippen molar-refractivity contribution >= 4 is 17.4 Å². The standard InChI is InChI=1S/C13H12N6O2S/c1-2-9-11(22-19-17-9)13(20)15-7-10-16-12(18-21-10)8-3-5-14-6-4-8/h3-6H,2,7H2,1H3,(H,15,20). The van der Waals surface area contributed by atoms with E-state index in [0.717, 1.165) is 17.1 Å². The van der Waals surface area contributed by atoms with Crippen LogP contribution in [0.2, 0.25) is 0 Å². The van der Waals surface area contributed by atoms with E-state index in [1.807, 2.05) is 6.92 Å². The maximum absolute atomic E-state index is 12.1. The lowest BCUT2D eigenvalue weighted by Gasteiger charge is -1.99. The average molecular weight is 316 g/mol. The van der Waals surface area contributed by atoms with Gasteiger partial charge >= 0.3 is 0 Å². The molecule has 22 heavy (non-hydrogen) atoms. The monoisotopic (exact) mass is 316 g/mol. The Bertz CT molecular complexity index is 770. The number of amides is 1. The van der Waals surface area contributed by atoms with Gasteiger partial charge in [-0.3, -0.25) is 9.78 Å². The summed E-state index contributed by atoms with van der Waals surface area (Å²) in [6, 6.07) is 3.56. The predicted molar refractivity (Wildman–Crippen MR) is 78.0 cm³/mol. The highest BCUT2D eigenvalue weighted by atomic mass is 32.1. The molecule has 1 amide bonds. The fourth-order valence-electron chi connectivity index (χ4n) is 1.79. The Morgan fingerprint density at radius 2 is 2.18 bits per heavy atom. The van der Waals surface area contributed by atoms with Crippen LogP contribution in [0.1, 0.15) is 28.2 Å². The molecule has 112 valence electrons. The third-order valence-corrected chi connectivity index (χ3v) is 3.67. The van der Waals surface area contributed by atoms with Crippen LogP contribution in [0.5, 0.6) is 0 Å². The molecule has 8 nitrogen and oxygen atoms in total. The molecule has 0 saturated carbocycles. The molecule has 3 aromatic heterocycles. The van der Waals surface area contributed by atoms with Crippen molar-refractivity contribution in [2.75, 3.05) is 0 Å². The van der Waals surface area contributed by atoms with E-state index in [9.17, 15) is 4.79 Å². The van der Waals surface area contributed by atoms with Crippen LogP contribution in [-0.2, 0) is 13.0 Å². The van der Waals surface area contributed by atoms with Crippen LogP contribution in [-0.4, -0.2) is 30.6 Å². The maximum Gasteiger partial charge on any atom is 0.265 e. The van der Waals surface area contributed by atoms with Crippen molar-refractivity contribution in [1.29, 1.82) is 0 Å². The Labute approximate surface area is 129 Å². The predicted octanol–water partition coefficient (Wildman–Crippen LogP) is 1.48. The van der Waals surface area contributed by atoms with E-state index >= 15 is 0 Å². The Balaban J connectivity index is 1.65. The molecule has 0 aliphatic heterocycles. The van der Waals surface area contributed by atoms with E-state index in [1.54, 1.807) is 24.5 Å². The van der Waals surface area contributed by atoms with Gasteiger partial charge in [0.25, 0.3) is 5.91 Å². The van der Waals surface area contributed by atoms with Crippen molar-refractivity contribution in [3.63, 3.8) is 0 Å². The van der Waals surface area contributed by atoms with Gasteiger partial charge < -0.3 is 9.84 Å². The van der Waals surface area contributed by atoms with E-state index < -0.39 is 0 Å². The normalized spacial score (nSPS) is 10.6. The second-order valence-corrected chi connectivity index (χ2v) is 5.09. The first-order chi connectivity index (χ1) is 10.8. The minimum atomic E-state index is -0.240. The van der Waals surface area contributed by atoms with Crippen LogP contribution in [0.3, 0.4) is 0 Å². The minimum absolute atomic E-state index is 0.151. The topological polar surface area (TPSA) is 107 Å². The Hall–Kier alpha value is -2.68. The van der Waals surface area contributed by atoms with Crippen molar-refractivity contribution in [2.45, 2.75) is 19.9 Å². The summed E-state index contributed by atoms with van der Waals surface area (Å²) in [5, 5.41) is 10.5. The lowest BCUT2D eigenvalue weighted by atomic mass is 10.2. The SMILES string of the molecule is CCc1nnsc1C(=O)NCc1nc(-c2ccncc2)no1. The number of hydrogen-bond donors (Lipinski definition) is 1. The van der Waals surface area contributed by atoms with E-state index in [4.69, 9.17) is 4.52 Å². The van der Waals surface area contributed by atoms with Gasteiger partial charge in [-0.05, 0) is 30.1 Å². The Morgan fingerprint density at radius 3 is 2.95 bits per heavy atom. The number of rotatable bonds is 5. The van der Waals surface area contributed by atoms with Crippen LogP contribution >= 0.6 is 11.5 Å². The summed E-state index contributed by atoms with van der Waals surface area (Å²) in [6.45, 7) is 2.07. The number of carbonyl (C=O) groups excluding carboxylic acids is 1. The van der Waals surface area contributed by atoms with Crippen molar-refractivity contribution in [2.24, 2.45) is 0 Å². The van der Waals surface area contributed by atoms with Gasteiger partial charge in [-0.25, -0.2) is 0 Å². The van der Waals surface area contributed by atoms with Gasteiger partial charge in [-0.1, -0.05) is 16.6 Å². The zero-order chi connectivity index (χ0) is 15.4. The molecule has 0 aliphatic rings. The molecule has 0 bridgehead atoms. The first-order valence-corrected chi connectivity index (χ1v) is 7.37. The number of aryl methyl sites for hydroxylation is 1. The minimum Gasteiger partial charge on any atom is -0.342 e. The van der Waals surface area contributed by atoms with Gasteiger partial charge in [0.05, 0.1) is 12.2 Å². The van der Waals surface area contributed by atoms with Gasteiger partial charge in [0.15, 0.2) is 0 Å². The Kier molecular flexibility index (Phi) is 4.15. The van der Waals surface area contributed by atoms with Crippen molar-refractivity contribution < 1.29 is 9.32 Å². The van der Waals surface area contributed by atoms with Gasteiger partial charge in [-0.2, -0.15) is 4.98 Å². The highest BCUT2D eigenvalue weighted by Gasteiger charge is 2.16. The molecule has 9 heteroatoms. The first-order valence-electron chi connectivity index (χ1n) is 6.60. The molecule has 0 saturated heterocycles. The first kappa shape index (κ1) is 14.3. The summed E-state index contributed by atoms with van der Waals surface area (Å²) < 4.78 is 8.91. The highest BCUT2D eigenvalue weighted by Crippen LogP contribution is 2.14. The number of nitrogens with one attached hydrogen (secondary N) is 1. The average Bonchev–Trinajstić information content (AvgIpc) is 3.22. The zero-order valence-corrected chi connectivity index (χ0v) is 12.5. The van der Waals surface area contributed by atoms with Gasteiger partial charge in [0.2, 0.25) is 11.7 Å². The maximum atomic E-state index is 12.1. The molecule has 3 rings (SSSR count). The third-order valence-electron chi connectivity index (χ3n) is 2.90. The van der Waals surface area contributed by atoms with Gasteiger partial charge in [-0.15, -0.1) is 5.10 Å². The molecule has 0 aromatic carbocycles. The molecule has 0 atom stereocenters. The van der Waals surface area contributed by atoms with E-state index in [2.05, 4.69) is 30.0 Å². The molecule has 0 radical (unpaired) electrons. The fourth-order valence-corrected chi connectivity index (χ4v) is 2.46. The van der Waals surface area contributed by atoms with Gasteiger partial charge in [0.1, 0.15) is 4.88 Å². The van der Waals surface area contributed by atoms with Crippen LogP contribution in [0.15, 0.2) is 29.0 Å². The molecule has 0 unspecified atom stereocenters. The summed E-state index contributed by atoms with van der Waals surface area (Å²) in [6.07, 6.45) is 3.96. The second-order valence-electron chi connectivity index (χ2n) is 4.33. The molecule has 3 aromatic rings. The van der Waals surface area contributed by atoms with Crippen LogP contribution < -0.4 is 5.32 Å². The lowest BCUT2D eigenvalue weighted by molar-refractivity contribution is 0.0949. The summed E-state index contributed by atoms with van der Waals surface area (Å²) >= 11 is 1.07. The third kappa shape index (κ3) is 2.98. The number of carbonyl (C=O) groups is 1. The molecular formula is C13H12N6O2S. The number of pyridine rings is 1. The number of hydrogen-bond acceptors (Lipinski definition) is 8. The largest absolute Gasteiger partial charge is 0.342 e. The number of nitrogens with zero attached hydrogens (tertiary/aromatic N) is 5. The molecular weight excluding hydrogens is 304 g/mol. The second kappa shape index (κ2) is 6.39.